The van der Waals surface area contributed by atoms with E-state index < -0.39 is 0 Å². The number of aliphatic imine (C=N–C) groups is 1. The monoisotopic (exact) mass is 548 g/mol. The molecule has 1 saturated heterocycles. The first-order valence-corrected chi connectivity index (χ1v) is 9.53. The molecule has 0 aromatic heterocycles. The summed E-state index contributed by atoms with van der Waals surface area (Å²) in [6.45, 7) is 0. The molecule has 0 saturated carbocycles. The van der Waals surface area contributed by atoms with Gasteiger partial charge in [0.05, 0.1) is 14.2 Å². The third kappa shape index (κ3) is 4.07. The van der Waals surface area contributed by atoms with Gasteiger partial charge in [0.1, 0.15) is 5.75 Å². The van der Waals surface area contributed by atoms with Crippen molar-refractivity contribution < 1.29 is 9.90 Å². The number of halogens is 2. The first kappa shape index (κ1) is 16.8. The summed E-state index contributed by atoms with van der Waals surface area (Å²) in [4.78, 5) is 17.0. The van der Waals surface area contributed by atoms with E-state index >= 15 is 0 Å². The first-order chi connectivity index (χ1) is 11.0. The van der Waals surface area contributed by atoms with E-state index in [-0.39, 0.29) is 11.7 Å². The minimum absolute atomic E-state index is 0.181. The van der Waals surface area contributed by atoms with Crippen LogP contribution in [0.1, 0.15) is 5.56 Å². The Hall–Kier alpha value is -1.07. The lowest BCUT2D eigenvalue weighted by Gasteiger charge is -2.03. The quantitative estimate of drug-likeness (QED) is 0.430. The van der Waals surface area contributed by atoms with Gasteiger partial charge >= 0.3 is 0 Å². The van der Waals surface area contributed by atoms with Gasteiger partial charge in [-0.3, -0.25) is 4.79 Å². The molecule has 0 aliphatic carbocycles. The minimum atomic E-state index is -0.210. The molecule has 1 aliphatic rings. The first-order valence-electron chi connectivity index (χ1n) is 6.55. The van der Waals surface area contributed by atoms with Gasteiger partial charge in [0, 0.05) is 9.13 Å². The van der Waals surface area contributed by atoms with E-state index in [1.165, 1.54) is 11.8 Å². The Bertz CT molecular complexity index is 835. The van der Waals surface area contributed by atoms with Crippen LogP contribution in [0.25, 0.3) is 6.08 Å². The van der Waals surface area contributed by atoms with Crippen LogP contribution in [0.4, 0.5) is 5.69 Å². The number of thioether (sulfide) groups is 1. The van der Waals surface area contributed by atoms with Gasteiger partial charge in [0.15, 0.2) is 5.17 Å². The lowest BCUT2D eigenvalue weighted by atomic mass is 10.2. The molecule has 0 bridgehead atoms. The number of nitrogens with one attached hydrogen (secondary N) is 1. The number of hydrogen-bond donors (Lipinski definition) is 2. The Balaban J connectivity index is 1.90. The molecule has 1 fully saturated rings. The summed E-state index contributed by atoms with van der Waals surface area (Å²) in [5.41, 5.74) is 1.41. The topological polar surface area (TPSA) is 61.7 Å². The molecular formula is C16H10I2N2O2S. The lowest BCUT2D eigenvalue weighted by molar-refractivity contribution is -0.115. The number of hydrogen-bond acceptors (Lipinski definition) is 4. The molecule has 0 radical (unpaired) electrons. The average Bonchev–Trinajstić information content (AvgIpc) is 2.85. The zero-order valence-electron chi connectivity index (χ0n) is 11.6. The van der Waals surface area contributed by atoms with Crippen molar-refractivity contribution >= 4 is 79.8 Å². The van der Waals surface area contributed by atoms with E-state index in [1.54, 1.807) is 6.08 Å². The van der Waals surface area contributed by atoms with Crippen LogP contribution in [-0.4, -0.2) is 16.2 Å². The van der Waals surface area contributed by atoms with Crippen LogP contribution in [0.2, 0.25) is 0 Å². The van der Waals surface area contributed by atoms with E-state index in [9.17, 15) is 9.90 Å². The molecule has 7 heteroatoms. The Morgan fingerprint density at radius 3 is 2.65 bits per heavy atom. The summed E-state index contributed by atoms with van der Waals surface area (Å²) >= 11 is 5.52. The van der Waals surface area contributed by atoms with E-state index in [0.29, 0.717) is 15.6 Å². The van der Waals surface area contributed by atoms with Crippen molar-refractivity contribution in [2.24, 2.45) is 4.99 Å². The molecule has 0 atom stereocenters. The number of rotatable bonds is 2. The molecule has 116 valence electrons. The van der Waals surface area contributed by atoms with Crippen LogP contribution in [0.15, 0.2) is 52.4 Å². The van der Waals surface area contributed by atoms with Gasteiger partial charge in [-0.25, -0.2) is 4.99 Å². The molecule has 2 N–H and O–H groups in total. The van der Waals surface area contributed by atoms with Crippen LogP contribution in [0.5, 0.6) is 5.75 Å². The van der Waals surface area contributed by atoms with E-state index in [2.05, 4.69) is 55.5 Å². The fraction of sp³-hybridized carbons (Fsp3) is 0. The number of amidine groups is 1. The van der Waals surface area contributed by atoms with Crippen LogP contribution in [0, 0.1) is 7.14 Å². The van der Waals surface area contributed by atoms with Gasteiger partial charge in [-0.2, -0.15) is 0 Å². The van der Waals surface area contributed by atoms with Crippen molar-refractivity contribution in [1.29, 1.82) is 0 Å². The molecule has 23 heavy (non-hydrogen) atoms. The molecule has 4 nitrogen and oxygen atoms in total. The number of nitrogens with zero attached hydrogens (tertiary/aromatic N) is 1. The van der Waals surface area contributed by atoms with Crippen LogP contribution in [-0.2, 0) is 4.79 Å². The Morgan fingerprint density at radius 1 is 1.17 bits per heavy atom. The predicted octanol–water partition coefficient (Wildman–Crippen LogP) is 4.49. The normalized spacial score (nSPS) is 17.7. The highest BCUT2D eigenvalue weighted by atomic mass is 127. The summed E-state index contributed by atoms with van der Waals surface area (Å²) in [5, 5.41) is 13.4. The van der Waals surface area contributed by atoms with Crippen molar-refractivity contribution in [3.05, 3.63) is 60.1 Å². The average molecular weight is 548 g/mol. The van der Waals surface area contributed by atoms with Gasteiger partial charge < -0.3 is 10.4 Å². The smallest absolute Gasteiger partial charge is 0.264 e. The number of carbonyl (C=O) groups is 1. The molecule has 2 aromatic rings. The third-order valence-corrected chi connectivity index (χ3v) is 5.34. The maximum Gasteiger partial charge on any atom is 0.264 e. The fourth-order valence-corrected chi connectivity index (χ4v) is 4.66. The third-order valence-electron chi connectivity index (χ3n) is 2.98. The number of carbonyl (C=O) groups excluding carboxylic acids is 1. The van der Waals surface area contributed by atoms with Gasteiger partial charge in [-0.1, -0.05) is 18.2 Å². The number of aromatic hydroxyl groups is 1. The van der Waals surface area contributed by atoms with Crippen LogP contribution < -0.4 is 5.32 Å². The molecule has 3 rings (SSSR count). The van der Waals surface area contributed by atoms with Crippen LogP contribution >= 0.6 is 56.9 Å². The van der Waals surface area contributed by atoms with E-state index in [0.717, 1.165) is 12.8 Å². The van der Waals surface area contributed by atoms with Crippen LogP contribution in [0.3, 0.4) is 0 Å². The summed E-state index contributed by atoms with van der Waals surface area (Å²) in [5.74, 6) is -0.0293. The Labute approximate surface area is 164 Å². The number of para-hydroxylation sites is 1. The number of phenolic OH excluding ortho intramolecular Hbond substituents is 1. The maximum atomic E-state index is 12.1. The summed E-state index contributed by atoms with van der Waals surface area (Å²) in [7, 11) is 0. The second kappa shape index (κ2) is 7.22. The standard InChI is InChI=1S/C16H10I2N2O2S/c17-10-6-9(14(21)12(18)8-10)7-13-15(22)20-16(23-13)19-11-4-2-1-3-5-11/h1-8,21H,(H,19,20,22)/b13-7+. The van der Waals surface area contributed by atoms with Gasteiger partial charge in [-0.15, -0.1) is 0 Å². The zero-order chi connectivity index (χ0) is 16.4. The lowest BCUT2D eigenvalue weighted by Crippen LogP contribution is -2.19. The van der Waals surface area contributed by atoms with Gasteiger partial charge in [-0.05, 0) is 87.3 Å². The minimum Gasteiger partial charge on any atom is -0.506 e. The van der Waals surface area contributed by atoms with Crippen molar-refractivity contribution in [3.8, 4) is 5.75 Å². The zero-order valence-corrected chi connectivity index (χ0v) is 16.7. The molecule has 1 amide bonds. The van der Waals surface area contributed by atoms with Crippen molar-refractivity contribution in [1.82, 2.24) is 5.32 Å². The summed E-state index contributed by atoms with van der Waals surface area (Å²) in [6.07, 6.45) is 1.69. The highest BCUT2D eigenvalue weighted by Gasteiger charge is 2.24. The molecule has 1 aliphatic heterocycles. The Morgan fingerprint density at radius 2 is 1.91 bits per heavy atom. The van der Waals surface area contributed by atoms with Gasteiger partial charge in [0.2, 0.25) is 0 Å². The van der Waals surface area contributed by atoms with Crippen molar-refractivity contribution in [2.75, 3.05) is 0 Å². The highest BCUT2D eigenvalue weighted by Crippen LogP contribution is 2.33. The predicted molar refractivity (Wildman–Crippen MR) is 111 cm³/mol. The van der Waals surface area contributed by atoms with Crippen molar-refractivity contribution in [3.63, 3.8) is 0 Å². The molecule has 1 heterocycles. The highest BCUT2D eigenvalue weighted by molar-refractivity contribution is 14.1. The second-order valence-corrected chi connectivity index (χ2v) is 8.08. The molecule has 0 unspecified atom stereocenters. The van der Waals surface area contributed by atoms with Gasteiger partial charge in [0.25, 0.3) is 5.91 Å². The van der Waals surface area contributed by atoms with E-state index in [1.807, 2.05) is 42.5 Å². The number of amides is 1. The van der Waals surface area contributed by atoms with E-state index in [4.69, 9.17) is 0 Å². The summed E-state index contributed by atoms with van der Waals surface area (Å²) < 4.78 is 1.75. The second-order valence-electron chi connectivity index (χ2n) is 4.64. The van der Waals surface area contributed by atoms with Crippen molar-refractivity contribution in [2.45, 2.75) is 0 Å². The fourth-order valence-electron chi connectivity index (χ4n) is 1.94. The molecule has 0 spiro atoms. The Kier molecular flexibility index (Phi) is 5.27. The largest absolute Gasteiger partial charge is 0.506 e. The SMILES string of the molecule is O=C1NC(=Nc2ccccc2)S/C1=C/c1cc(I)cc(I)c1O. The number of benzene rings is 2. The molecular weight excluding hydrogens is 538 g/mol. The maximum absolute atomic E-state index is 12.1. The molecule has 2 aromatic carbocycles. The summed E-state index contributed by atoms with van der Waals surface area (Å²) in [6, 6.07) is 13.2. The number of phenols is 1.